The summed E-state index contributed by atoms with van der Waals surface area (Å²) >= 11 is 0. The Morgan fingerprint density at radius 1 is 0.864 bits per heavy atom. The van der Waals surface area contributed by atoms with Crippen LogP contribution in [0.25, 0.3) is 0 Å². The highest BCUT2D eigenvalue weighted by molar-refractivity contribution is 5.94. The maximum atomic E-state index is 14.2. The van der Waals surface area contributed by atoms with Crippen LogP contribution in [0.5, 0.6) is 5.75 Å². The number of nitrogens with zero attached hydrogens (tertiary/aromatic N) is 1. The molecule has 2 aromatic rings. The SMILES string of the molecule is CCC(C)N(C(=O)C(CO)NC(=O)OC(C)(C)C)C(C(=O)NC(Cc1ccccc1)C(=O)OC(C)(C)C)c1cccc(O)c1. The van der Waals surface area contributed by atoms with Crippen molar-refractivity contribution < 1.29 is 38.9 Å². The van der Waals surface area contributed by atoms with Gasteiger partial charge >= 0.3 is 12.1 Å². The van der Waals surface area contributed by atoms with Crippen molar-refractivity contribution in [3.05, 3.63) is 65.7 Å². The van der Waals surface area contributed by atoms with Gasteiger partial charge in [0.25, 0.3) is 0 Å². The highest BCUT2D eigenvalue weighted by Crippen LogP contribution is 2.29. The predicted octanol–water partition coefficient (Wildman–Crippen LogP) is 4.02. The fourth-order valence-electron chi connectivity index (χ4n) is 4.41. The van der Waals surface area contributed by atoms with Gasteiger partial charge in [-0.3, -0.25) is 9.59 Å². The van der Waals surface area contributed by atoms with Crippen LogP contribution in [0.3, 0.4) is 0 Å². The second-order valence-corrected chi connectivity index (χ2v) is 12.7. The van der Waals surface area contributed by atoms with E-state index in [1.54, 1.807) is 54.5 Å². The van der Waals surface area contributed by atoms with Gasteiger partial charge < -0.3 is 35.2 Å². The summed E-state index contributed by atoms with van der Waals surface area (Å²) in [6.45, 7) is 12.9. The van der Waals surface area contributed by atoms with Gasteiger partial charge in [0.1, 0.15) is 35.1 Å². The summed E-state index contributed by atoms with van der Waals surface area (Å²) in [5.74, 6) is -2.28. The molecule has 0 saturated carbocycles. The average Bonchev–Trinajstić information content (AvgIpc) is 2.92. The lowest BCUT2D eigenvalue weighted by Crippen LogP contribution is -2.58. The molecule has 0 spiro atoms. The topological polar surface area (TPSA) is 154 Å². The number of carbonyl (C=O) groups is 4. The number of ether oxygens (including phenoxy) is 2. The van der Waals surface area contributed by atoms with Crippen molar-refractivity contribution in [3.63, 3.8) is 0 Å². The number of hydrogen-bond acceptors (Lipinski definition) is 8. The molecule has 0 aliphatic rings. The highest BCUT2D eigenvalue weighted by atomic mass is 16.6. The lowest BCUT2D eigenvalue weighted by Gasteiger charge is -2.38. The molecule has 0 aliphatic heterocycles. The molecule has 0 aromatic heterocycles. The fourth-order valence-corrected chi connectivity index (χ4v) is 4.41. The number of aliphatic hydroxyl groups excluding tert-OH is 1. The zero-order valence-corrected chi connectivity index (χ0v) is 26.9. The third-order valence-electron chi connectivity index (χ3n) is 6.49. The summed E-state index contributed by atoms with van der Waals surface area (Å²) in [6, 6.07) is 10.5. The van der Waals surface area contributed by atoms with E-state index in [2.05, 4.69) is 10.6 Å². The number of nitrogens with one attached hydrogen (secondary N) is 2. The number of esters is 1. The summed E-state index contributed by atoms with van der Waals surface area (Å²) in [7, 11) is 0. The normalized spacial score (nSPS) is 14.4. The Morgan fingerprint density at radius 2 is 1.48 bits per heavy atom. The van der Waals surface area contributed by atoms with Crippen LogP contribution in [0.15, 0.2) is 54.6 Å². The zero-order valence-electron chi connectivity index (χ0n) is 26.9. The molecule has 0 aliphatic carbocycles. The lowest BCUT2D eigenvalue weighted by atomic mass is 9.98. The van der Waals surface area contributed by atoms with E-state index >= 15 is 0 Å². The van der Waals surface area contributed by atoms with Gasteiger partial charge in [-0.25, -0.2) is 9.59 Å². The maximum Gasteiger partial charge on any atom is 0.408 e. The first-order valence-corrected chi connectivity index (χ1v) is 14.7. The van der Waals surface area contributed by atoms with Crippen LogP contribution in [0, 0.1) is 0 Å². The number of phenols is 1. The van der Waals surface area contributed by atoms with E-state index in [4.69, 9.17) is 9.47 Å². The Kier molecular flexibility index (Phi) is 12.8. The minimum Gasteiger partial charge on any atom is -0.508 e. The third-order valence-corrected chi connectivity index (χ3v) is 6.49. The molecule has 242 valence electrons. The summed E-state index contributed by atoms with van der Waals surface area (Å²) in [5, 5.41) is 25.6. The number of aliphatic hydroxyl groups is 1. The Morgan fingerprint density at radius 3 is 2.00 bits per heavy atom. The molecular weight excluding hydrogens is 566 g/mol. The van der Waals surface area contributed by atoms with Crippen LogP contribution in [-0.4, -0.2) is 74.9 Å². The average molecular weight is 614 g/mol. The number of hydrogen-bond donors (Lipinski definition) is 4. The standard InChI is InChI=1S/C33H47N3O8/c1-9-21(2)36(29(40)26(20-37)35-31(42)44-33(6,7)8)27(23-16-13-17-24(38)19-23)28(39)34-25(30(41)43-32(3,4)5)18-22-14-11-10-12-15-22/h10-17,19,21,25-27,37-38H,9,18,20H2,1-8H3,(H,34,39)(H,35,42). The van der Waals surface area contributed by atoms with E-state index in [0.29, 0.717) is 6.42 Å². The second-order valence-electron chi connectivity index (χ2n) is 12.7. The van der Waals surface area contributed by atoms with Crippen LogP contribution in [0.1, 0.15) is 79.0 Å². The quantitative estimate of drug-likeness (QED) is 0.262. The Balaban J connectivity index is 2.58. The van der Waals surface area contributed by atoms with E-state index < -0.39 is 65.9 Å². The van der Waals surface area contributed by atoms with Crippen LogP contribution < -0.4 is 10.6 Å². The number of carbonyl (C=O) groups excluding carboxylic acids is 4. The van der Waals surface area contributed by atoms with Gasteiger partial charge in [0.2, 0.25) is 11.8 Å². The van der Waals surface area contributed by atoms with Gasteiger partial charge in [-0.2, -0.15) is 0 Å². The van der Waals surface area contributed by atoms with Crippen LogP contribution in [0.4, 0.5) is 4.79 Å². The number of alkyl carbamates (subject to hydrolysis) is 1. The van der Waals surface area contributed by atoms with Crippen molar-refractivity contribution in [1.82, 2.24) is 15.5 Å². The van der Waals surface area contributed by atoms with E-state index in [1.165, 1.54) is 23.1 Å². The van der Waals surface area contributed by atoms with E-state index in [-0.39, 0.29) is 17.7 Å². The van der Waals surface area contributed by atoms with Crippen molar-refractivity contribution in [2.75, 3.05) is 6.61 Å². The molecule has 0 bridgehead atoms. The van der Waals surface area contributed by atoms with E-state index in [9.17, 15) is 29.4 Å². The van der Waals surface area contributed by atoms with Crippen LogP contribution in [-0.2, 0) is 30.3 Å². The van der Waals surface area contributed by atoms with Crippen molar-refractivity contribution in [1.29, 1.82) is 0 Å². The first-order valence-electron chi connectivity index (χ1n) is 14.7. The van der Waals surface area contributed by atoms with Crippen LogP contribution >= 0.6 is 0 Å². The number of phenolic OH excluding ortho intramolecular Hbond substituents is 1. The van der Waals surface area contributed by atoms with Crippen molar-refractivity contribution in [2.45, 2.75) is 104 Å². The number of amides is 3. The van der Waals surface area contributed by atoms with Gasteiger partial charge in [0.05, 0.1) is 6.61 Å². The monoisotopic (exact) mass is 613 g/mol. The molecule has 0 radical (unpaired) electrons. The van der Waals surface area contributed by atoms with E-state index in [0.717, 1.165) is 5.56 Å². The summed E-state index contributed by atoms with van der Waals surface area (Å²) in [5.41, 5.74) is -0.660. The molecule has 2 rings (SSSR count). The molecule has 11 heteroatoms. The Hall–Kier alpha value is -4.12. The minimum atomic E-state index is -1.45. The van der Waals surface area contributed by atoms with Gasteiger partial charge in [-0.05, 0) is 78.1 Å². The third kappa shape index (κ3) is 11.2. The first-order chi connectivity index (χ1) is 20.5. The van der Waals surface area contributed by atoms with E-state index in [1.807, 2.05) is 37.3 Å². The smallest absolute Gasteiger partial charge is 0.408 e. The zero-order chi connectivity index (χ0) is 33.2. The minimum absolute atomic E-state index is 0.116. The molecule has 0 fully saturated rings. The molecule has 4 N–H and O–H groups in total. The van der Waals surface area contributed by atoms with Gasteiger partial charge in [-0.1, -0.05) is 49.4 Å². The molecule has 0 heterocycles. The summed E-state index contributed by atoms with van der Waals surface area (Å²) in [6.07, 6.45) is -0.399. The molecule has 11 nitrogen and oxygen atoms in total. The number of rotatable bonds is 12. The molecule has 2 aromatic carbocycles. The largest absolute Gasteiger partial charge is 0.508 e. The van der Waals surface area contributed by atoms with Crippen molar-refractivity contribution >= 4 is 23.9 Å². The lowest BCUT2D eigenvalue weighted by molar-refractivity contribution is -0.159. The van der Waals surface area contributed by atoms with Gasteiger partial charge in [0.15, 0.2) is 0 Å². The fraction of sp³-hybridized carbons (Fsp3) is 0.515. The molecular formula is C33H47N3O8. The molecule has 0 saturated heterocycles. The Bertz CT molecular complexity index is 1270. The molecule has 44 heavy (non-hydrogen) atoms. The first kappa shape index (κ1) is 36.1. The summed E-state index contributed by atoms with van der Waals surface area (Å²) < 4.78 is 10.9. The van der Waals surface area contributed by atoms with Gasteiger partial charge in [0, 0.05) is 12.5 Å². The van der Waals surface area contributed by atoms with Crippen molar-refractivity contribution in [2.24, 2.45) is 0 Å². The van der Waals surface area contributed by atoms with Crippen LogP contribution in [0.2, 0.25) is 0 Å². The predicted molar refractivity (Wildman–Crippen MR) is 166 cm³/mol. The molecule has 3 amide bonds. The summed E-state index contributed by atoms with van der Waals surface area (Å²) in [4.78, 5) is 55.4. The van der Waals surface area contributed by atoms with Gasteiger partial charge in [-0.15, -0.1) is 0 Å². The maximum absolute atomic E-state index is 14.2. The molecule has 4 unspecified atom stereocenters. The number of benzene rings is 2. The Labute approximate surface area is 259 Å². The molecule has 4 atom stereocenters. The second kappa shape index (κ2) is 15.6. The number of aromatic hydroxyl groups is 1. The highest BCUT2D eigenvalue weighted by Gasteiger charge is 2.40. The van der Waals surface area contributed by atoms with Crippen molar-refractivity contribution in [3.8, 4) is 5.75 Å².